The Morgan fingerprint density at radius 1 is 1.28 bits per heavy atom. The molecule has 0 amide bonds. The topological polar surface area (TPSA) is 61.2 Å². The summed E-state index contributed by atoms with van der Waals surface area (Å²) in [7, 11) is 4.11. The van der Waals surface area contributed by atoms with E-state index in [2.05, 4.69) is 29.0 Å². The van der Waals surface area contributed by atoms with Crippen LogP contribution in [0.3, 0.4) is 0 Å². The molecule has 5 heteroatoms. The fourth-order valence-electron chi connectivity index (χ4n) is 1.55. The molecule has 0 fully saturated rings. The van der Waals surface area contributed by atoms with Crippen LogP contribution < -0.4 is 4.74 Å². The molecule has 1 aromatic carbocycles. The maximum absolute atomic E-state index is 8.18. The molecule has 1 aromatic rings. The molecule has 0 bridgehead atoms. The molecule has 0 unspecified atom stereocenters. The van der Waals surface area contributed by atoms with Crippen LogP contribution >= 0.6 is 0 Å². The van der Waals surface area contributed by atoms with Crippen LogP contribution in [0.1, 0.15) is 12.0 Å². The van der Waals surface area contributed by atoms with Gasteiger partial charge in [-0.25, -0.2) is 0 Å². The van der Waals surface area contributed by atoms with Gasteiger partial charge in [-0.05, 0) is 50.2 Å². The Balaban J connectivity index is 2.29. The fraction of sp³-hybridized carbons (Fsp3) is 0.538. The van der Waals surface area contributed by atoms with E-state index in [4.69, 9.17) is 10.3 Å². The van der Waals surface area contributed by atoms with E-state index in [1.54, 1.807) is 0 Å². The van der Waals surface area contributed by atoms with Gasteiger partial charge in [0.25, 0.3) is 0 Å². The molecule has 0 radical (unpaired) electrons. The number of hydrogen-bond acceptors (Lipinski definition) is 3. The summed E-state index contributed by atoms with van der Waals surface area (Å²) in [5.41, 5.74) is 9.34. The van der Waals surface area contributed by atoms with Crippen LogP contribution in [0, 0.1) is 0 Å². The second kappa shape index (κ2) is 8.39. The molecule has 0 aliphatic rings. The number of ether oxygens (including phenoxy) is 1. The van der Waals surface area contributed by atoms with Crippen LogP contribution in [-0.4, -0.2) is 38.7 Å². The van der Waals surface area contributed by atoms with E-state index in [0.29, 0.717) is 6.54 Å². The van der Waals surface area contributed by atoms with Gasteiger partial charge in [0.2, 0.25) is 0 Å². The van der Waals surface area contributed by atoms with Crippen molar-refractivity contribution in [3.63, 3.8) is 0 Å². The molecule has 0 saturated carbocycles. The lowest BCUT2D eigenvalue weighted by atomic mass is 10.1. The molecular formula is C13H20N4O. The lowest BCUT2D eigenvalue weighted by Crippen LogP contribution is -2.15. The standard InChI is InChI=1S/C13H20N4O/c1-17(2)10-3-11-18-13-6-4-12(5-7-13)8-9-15-16-14/h4-7H,3,8-11H2,1-2H3. The summed E-state index contributed by atoms with van der Waals surface area (Å²) in [5, 5.41) is 3.51. The van der Waals surface area contributed by atoms with Crippen molar-refractivity contribution in [3.8, 4) is 5.75 Å². The first-order valence-electron chi connectivity index (χ1n) is 6.09. The normalized spacial score (nSPS) is 10.2. The van der Waals surface area contributed by atoms with Gasteiger partial charge in [-0.2, -0.15) is 0 Å². The molecule has 0 N–H and O–H groups in total. The molecule has 18 heavy (non-hydrogen) atoms. The first-order valence-corrected chi connectivity index (χ1v) is 6.09. The van der Waals surface area contributed by atoms with Crippen LogP contribution in [0.4, 0.5) is 0 Å². The van der Waals surface area contributed by atoms with Gasteiger partial charge < -0.3 is 9.64 Å². The van der Waals surface area contributed by atoms with Gasteiger partial charge in [0.15, 0.2) is 0 Å². The van der Waals surface area contributed by atoms with Crippen LogP contribution in [-0.2, 0) is 6.42 Å². The summed E-state index contributed by atoms with van der Waals surface area (Å²) in [5.74, 6) is 0.890. The van der Waals surface area contributed by atoms with Gasteiger partial charge in [0, 0.05) is 18.0 Å². The maximum atomic E-state index is 8.18. The first-order chi connectivity index (χ1) is 8.72. The second-order valence-electron chi connectivity index (χ2n) is 4.35. The summed E-state index contributed by atoms with van der Waals surface area (Å²) < 4.78 is 5.63. The van der Waals surface area contributed by atoms with Crippen LogP contribution in [0.5, 0.6) is 5.75 Å². The summed E-state index contributed by atoms with van der Waals surface area (Å²) in [6.45, 7) is 2.26. The second-order valence-corrected chi connectivity index (χ2v) is 4.35. The van der Waals surface area contributed by atoms with Crippen molar-refractivity contribution < 1.29 is 4.74 Å². The average molecular weight is 248 g/mol. The zero-order valence-electron chi connectivity index (χ0n) is 11.0. The third-order valence-corrected chi connectivity index (χ3v) is 2.51. The molecule has 0 aliphatic heterocycles. The van der Waals surface area contributed by atoms with Gasteiger partial charge in [0.1, 0.15) is 5.75 Å². The van der Waals surface area contributed by atoms with Crippen molar-refractivity contribution in [1.82, 2.24) is 4.90 Å². The Morgan fingerprint density at radius 2 is 2.00 bits per heavy atom. The molecule has 0 aliphatic carbocycles. The number of rotatable bonds is 8. The van der Waals surface area contributed by atoms with Crippen LogP contribution in [0.2, 0.25) is 0 Å². The van der Waals surface area contributed by atoms with E-state index in [0.717, 1.165) is 37.3 Å². The average Bonchev–Trinajstić information content (AvgIpc) is 2.36. The predicted molar refractivity (Wildman–Crippen MR) is 72.8 cm³/mol. The Morgan fingerprint density at radius 3 is 2.61 bits per heavy atom. The quantitative estimate of drug-likeness (QED) is 0.307. The lowest BCUT2D eigenvalue weighted by molar-refractivity contribution is 0.281. The van der Waals surface area contributed by atoms with Crippen molar-refractivity contribution in [1.29, 1.82) is 0 Å². The van der Waals surface area contributed by atoms with Crippen molar-refractivity contribution >= 4 is 0 Å². The van der Waals surface area contributed by atoms with E-state index in [1.807, 2.05) is 24.3 Å². The Labute approximate surface area is 108 Å². The minimum absolute atomic E-state index is 0.500. The van der Waals surface area contributed by atoms with Gasteiger partial charge in [-0.15, -0.1) is 0 Å². The van der Waals surface area contributed by atoms with E-state index in [9.17, 15) is 0 Å². The number of azide groups is 1. The monoisotopic (exact) mass is 248 g/mol. The highest BCUT2D eigenvalue weighted by Gasteiger charge is 1.96. The Kier molecular flexibility index (Phi) is 6.69. The molecule has 5 nitrogen and oxygen atoms in total. The highest BCUT2D eigenvalue weighted by atomic mass is 16.5. The molecule has 1 rings (SSSR count). The molecule has 0 aromatic heterocycles. The number of hydrogen-bond donors (Lipinski definition) is 0. The highest BCUT2D eigenvalue weighted by molar-refractivity contribution is 5.27. The minimum Gasteiger partial charge on any atom is -0.494 e. The molecule has 0 atom stereocenters. The molecule has 0 heterocycles. The number of nitrogens with zero attached hydrogens (tertiary/aromatic N) is 4. The Hall–Kier alpha value is -1.71. The maximum Gasteiger partial charge on any atom is 0.119 e. The van der Waals surface area contributed by atoms with Gasteiger partial charge in [-0.3, -0.25) is 0 Å². The summed E-state index contributed by atoms with van der Waals surface area (Å²) >= 11 is 0. The largest absolute Gasteiger partial charge is 0.494 e. The third kappa shape index (κ3) is 6.13. The SMILES string of the molecule is CN(C)CCCOc1ccc(CCN=[N+]=[N-])cc1. The van der Waals surface area contributed by atoms with Crippen molar-refractivity contribution in [2.24, 2.45) is 5.11 Å². The molecular weight excluding hydrogens is 228 g/mol. The molecule has 98 valence electrons. The van der Waals surface area contributed by atoms with Crippen molar-refractivity contribution in [3.05, 3.63) is 40.3 Å². The Bertz CT molecular complexity index is 382. The van der Waals surface area contributed by atoms with Crippen LogP contribution in [0.25, 0.3) is 10.4 Å². The predicted octanol–water partition coefficient (Wildman–Crippen LogP) is 2.87. The highest BCUT2D eigenvalue weighted by Crippen LogP contribution is 2.12. The zero-order chi connectivity index (χ0) is 13.2. The van der Waals surface area contributed by atoms with Crippen LogP contribution in [0.15, 0.2) is 29.4 Å². The van der Waals surface area contributed by atoms with E-state index < -0.39 is 0 Å². The number of benzene rings is 1. The van der Waals surface area contributed by atoms with E-state index >= 15 is 0 Å². The summed E-state index contributed by atoms with van der Waals surface area (Å²) in [6, 6.07) is 7.94. The van der Waals surface area contributed by atoms with Gasteiger partial charge in [0.05, 0.1) is 6.61 Å². The first kappa shape index (κ1) is 14.4. The summed E-state index contributed by atoms with van der Waals surface area (Å²) in [4.78, 5) is 4.87. The van der Waals surface area contributed by atoms with Crippen molar-refractivity contribution in [2.75, 3.05) is 33.8 Å². The third-order valence-electron chi connectivity index (χ3n) is 2.51. The smallest absolute Gasteiger partial charge is 0.119 e. The van der Waals surface area contributed by atoms with E-state index in [-0.39, 0.29) is 0 Å². The summed E-state index contributed by atoms with van der Waals surface area (Å²) in [6.07, 6.45) is 1.79. The minimum atomic E-state index is 0.500. The van der Waals surface area contributed by atoms with Crippen molar-refractivity contribution in [2.45, 2.75) is 12.8 Å². The van der Waals surface area contributed by atoms with E-state index in [1.165, 1.54) is 0 Å². The lowest BCUT2D eigenvalue weighted by Gasteiger charge is -2.10. The van der Waals surface area contributed by atoms with Gasteiger partial charge >= 0.3 is 0 Å². The molecule has 0 spiro atoms. The zero-order valence-corrected chi connectivity index (χ0v) is 11.0. The molecule has 0 saturated heterocycles. The van der Waals surface area contributed by atoms with Gasteiger partial charge in [-0.1, -0.05) is 17.2 Å². The fourth-order valence-corrected chi connectivity index (χ4v) is 1.55.